The van der Waals surface area contributed by atoms with Crippen LogP contribution in [0.5, 0.6) is 5.75 Å². The number of ether oxygens (including phenoxy) is 1. The highest BCUT2D eigenvalue weighted by molar-refractivity contribution is 5.84. The van der Waals surface area contributed by atoms with Gasteiger partial charge in [-0.2, -0.15) is 5.26 Å². The highest BCUT2D eigenvalue weighted by Gasteiger charge is 2.27. The van der Waals surface area contributed by atoms with Gasteiger partial charge in [0.2, 0.25) is 5.91 Å². The molecule has 1 rings (SSSR count). The van der Waals surface area contributed by atoms with Gasteiger partial charge in [0.05, 0.1) is 13.2 Å². The average Bonchev–Trinajstić information content (AvgIpc) is 2.36. The van der Waals surface area contributed by atoms with Crippen LogP contribution in [-0.2, 0) is 11.3 Å². The molecule has 0 heterocycles. The maximum Gasteiger partial charge on any atom is 0.240 e. The number of nitriles is 1. The zero-order valence-electron chi connectivity index (χ0n) is 12.1. The average molecular weight is 260 g/mol. The number of nitrogens with one attached hydrogen (secondary N) is 1. The Kier molecular flexibility index (Phi) is 4.55. The van der Waals surface area contributed by atoms with Gasteiger partial charge in [0.1, 0.15) is 11.2 Å². The molecule has 0 bridgehead atoms. The lowest BCUT2D eigenvalue weighted by Gasteiger charge is -2.17. The number of methoxy groups -OCH3 is 1. The van der Waals surface area contributed by atoms with Crippen molar-refractivity contribution in [3.63, 3.8) is 0 Å². The SMILES string of the molecule is COc1cc(C)cc(C)c1CNC(=O)C(C)(C)C#N. The number of benzene rings is 1. The van der Waals surface area contributed by atoms with E-state index in [4.69, 9.17) is 10.00 Å². The highest BCUT2D eigenvalue weighted by Crippen LogP contribution is 2.24. The highest BCUT2D eigenvalue weighted by atomic mass is 16.5. The first-order valence-corrected chi connectivity index (χ1v) is 6.15. The summed E-state index contributed by atoms with van der Waals surface area (Å²) < 4.78 is 5.33. The zero-order chi connectivity index (χ0) is 14.6. The van der Waals surface area contributed by atoms with Crippen LogP contribution in [0, 0.1) is 30.6 Å². The Hall–Kier alpha value is -2.02. The van der Waals surface area contributed by atoms with Gasteiger partial charge in [-0.3, -0.25) is 4.79 Å². The molecule has 0 aromatic heterocycles. The molecule has 0 radical (unpaired) electrons. The van der Waals surface area contributed by atoms with Crippen LogP contribution in [0.4, 0.5) is 0 Å². The van der Waals surface area contributed by atoms with Crippen molar-refractivity contribution in [2.75, 3.05) is 7.11 Å². The van der Waals surface area contributed by atoms with Crippen molar-refractivity contribution in [2.24, 2.45) is 5.41 Å². The lowest BCUT2D eigenvalue weighted by molar-refractivity contribution is -0.126. The van der Waals surface area contributed by atoms with E-state index in [1.54, 1.807) is 21.0 Å². The van der Waals surface area contributed by atoms with E-state index >= 15 is 0 Å². The van der Waals surface area contributed by atoms with Crippen molar-refractivity contribution in [3.8, 4) is 11.8 Å². The Morgan fingerprint density at radius 2 is 2.05 bits per heavy atom. The molecule has 102 valence electrons. The van der Waals surface area contributed by atoms with E-state index in [1.807, 2.05) is 32.0 Å². The summed E-state index contributed by atoms with van der Waals surface area (Å²) in [5.74, 6) is 0.476. The molecule has 0 aliphatic heterocycles. The molecular formula is C15H20N2O2. The third-order valence-electron chi connectivity index (χ3n) is 3.07. The van der Waals surface area contributed by atoms with E-state index < -0.39 is 5.41 Å². The molecule has 1 N–H and O–H groups in total. The van der Waals surface area contributed by atoms with Crippen LogP contribution in [0.3, 0.4) is 0 Å². The maximum atomic E-state index is 11.9. The number of hydrogen-bond donors (Lipinski definition) is 1. The van der Waals surface area contributed by atoms with Crippen LogP contribution in [0.1, 0.15) is 30.5 Å². The summed E-state index contributed by atoms with van der Waals surface area (Å²) in [5.41, 5.74) is 2.09. The smallest absolute Gasteiger partial charge is 0.240 e. The molecule has 4 nitrogen and oxygen atoms in total. The first-order chi connectivity index (χ1) is 8.81. The molecule has 1 amide bonds. The molecule has 0 atom stereocenters. The van der Waals surface area contributed by atoms with Gasteiger partial charge in [0.25, 0.3) is 0 Å². The Labute approximate surface area is 114 Å². The first kappa shape index (κ1) is 15.0. The van der Waals surface area contributed by atoms with Crippen molar-refractivity contribution in [1.82, 2.24) is 5.32 Å². The summed E-state index contributed by atoms with van der Waals surface area (Å²) in [4.78, 5) is 11.9. The number of carbonyl (C=O) groups is 1. The molecule has 19 heavy (non-hydrogen) atoms. The van der Waals surface area contributed by atoms with Gasteiger partial charge >= 0.3 is 0 Å². The van der Waals surface area contributed by atoms with E-state index in [1.165, 1.54) is 0 Å². The summed E-state index contributed by atoms with van der Waals surface area (Å²) in [6.45, 7) is 7.53. The molecule has 4 heteroatoms. The van der Waals surface area contributed by atoms with Crippen molar-refractivity contribution >= 4 is 5.91 Å². The predicted molar refractivity (Wildman–Crippen MR) is 73.7 cm³/mol. The molecule has 0 spiro atoms. The summed E-state index contributed by atoms with van der Waals surface area (Å²) in [7, 11) is 1.61. The first-order valence-electron chi connectivity index (χ1n) is 6.15. The van der Waals surface area contributed by atoms with Gasteiger partial charge in [-0.05, 0) is 44.9 Å². The fourth-order valence-electron chi connectivity index (χ4n) is 1.81. The van der Waals surface area contributed by atoms with E-state index in [9.17, 15) is 4.79 Å². The largest absolute Gasteiger partial charge is 0.496 e. The fraction of sp³-hybridized carbons (Fsp3) is 0.467. The van der Waals surface area contributed by atoms with Crippen LogP contribution < -0.4 is 10.1 Å². The van der Waals surface area contributed by atoms with E-state index in [-0.39, 0.29) is 5.91 Å². The fourth-order valence-corrected chi connectivity index (χ4v) is 1.81. The molecule has 0 unspecified atom stereocenters. The van der Waals surface area contributed by atoms with Gasteiger partial charge < -0.3 is 10.1 Å². The minimum absolute atomic E-state index is 0.281. The summed E-state index contributed by atoms with van der Waals surface area (Å²) in [5, 5.41) is 11.7. The van der Waals surface area contributed by atoms with Crippen LogP contribution in [0.15, 0.2) is 12.1 Å². The minimum Gasteiger partial charge on any atom is -0.496 e. The predicted octanol–water partition coefficient (Wildman–Crippen LogP) is 2.48. The molecular weight excluding hydrogens is 240 g/mol. The minimum atomic E-state index is -1.02. The van der Waals surface area contributed by atoms with Gasteiger partial charge in [-0.25, -0.2) is 0 Å². The van der Waals surface area contributed by atoms with Crippen molar-refractivity contribution in [1.29, 1.82) is 5.26 Å². The van der Waals surface area contributed by atoms with Gasteiger partial charge in [-0.1, -0.05) is 6.07 Å². The number of carbonyl (C=O) groups excluding carboxylic acids is 1. The lowest BCUT2D eigenvalue weighted by Crippen LogP contribution is -2.35. The van der Waals surface area contributed by atoms with Crippen LogP contribution in [-0.4, -0.2) is 13.0 Å². The Morgan fingerprint density at radius 3 is 2.58 bits per heavy atom. The normalized spacial score (nSPS) is 10.7. The summed E-state index contributed by atoms with van der Waals surface area (Å²) in [6.07, 6.45) is 0. The van der Waals surface area contributed by atoms with Crippen molar-refractivity contribution < 1.29 is 9.53 Å². The monoisotopic (exact) mass is 260 g/mol. The lowest BCUT2D eigenvalue weighted by atomic mass is 9.94. The van der Waals surface area contributed by atoms with Gasteiger partial charge in [0, 0.05) is 12.1 Å². The Bertz CT molecular complexity index is 528. The van der Waals surface area contributed by atoms with E-state index in [2.05, 4.69) is 5.32 Å². The van der Waals surface area contributed by atoms with Gasteiger partial charge in [0.15, 0.2) is 0 Å². The number of hydrogen-bond acceptors (Lipinski definition) is 3. The van der Waals surface area contributed by atoms with Crippen LogP contribution in [0.2, 0.25) is 0 Å². The number of aryl methyl sites for hydroxylation is 2. The molecule has 0 fully saturated rings. The molecule has 1 aromatic rings. The second-order valence-electron chi connectivity index (χ2n) is 5.18. The van der Waals surface area contributed by atoms with Gasteiger partial charge in [-0.15, -0.1) is 0 Å². The molecule has 0 saturated heterocycles. The van der Waals surface area contributed by atoms with E-state index in [0.29, 0.717) is 6.54 Å². The van der Waals surface area contributed by atoms with E-state index in [0.717, 1.165) is 22.4 Å². The zero-order valence-corrected chi connectivity index (χ0v) is 12.1. The number of rotatable bonds is 4. The molecule has 0 aliphatic carbocycles. The molecule has 1 aromatic carbocycles. The Morgan fingerprint density at radius 1 is 1.42 bits per heavy atom. The standard InChI is InChI=1S/C15H20N2O2/c1-10-6-11(2)12(13(7-10)19-5)8-17-14(18)15(3,4)9-16/h6-7H,8H2,1-5H3,(H,17,18). The number of amides is 1. The third-order valence-corrected chi connectivity index (χ3v) is 3.07. The van der Waals surface area contributed by atoms with Crippen molar-refractivity contribution in [2.45, 2.75) is 34.2 Å². The topological polar surface area (TPSA) is 62.1 Å². The number of nitrogens with zero attached hydrogens (tertiary/aromatic N) is 1. The quantitative estimate of drug-likeness (QED) is 0.904. The third kappa shape index (κ3) is 3.47. The summed E-state index contributed by atoms with van der Waals surface area (Å²) in [6, 6.07) is 5.96. The molecule has 0 saturated carbocycles. The maximum absolute atomic E-state index is 11.9. The van der Waals surface area contributed by atoms with Crippen LogP contribution in [0.25, 0.3) is 0 Å². The summed E-state index contributed by atoms with van der Waals surface area (Å²) >= 11 is 0. The molecule has 0 aliphatic rings. The van der Waals surface area contributed by atoms with Crippen molar-refractivity contribution in [3.05, 3.63) is 28.8 Å². The Balaban J connectivity index is 2.90. The van der Waals surface area contributed by atoms with Crippen LogP contribution >= 0.6 is 0 Å². The second kappa shape index (κ2) is 5.75. The second-order valence-corrected chi connectivity index (χ2v) is 5.18.